The first-order valence-corrected chi connectivity index (χ1v) is 8.99. The van der Waals surface area contributed by atoms with E-state index in [1.807, 2.05) is 13.0 Å². The van der Waals surface area contributed by atoms with Crippen LogP contribution in [0.1, 0.15) is 55.8 Å². The number of pyridine rings is 1. The summed E-state index contributed by atoms with van der Waals surface area (Å²) < 4.78 is 6.20. The molecule has 4 atom stereocenters. The second-order valence-corrected chi connectivity index (χ2v) is 7.37. The summed E-state index contributed by atoms with van der Waals surface area (Å²) in [6.07, 6.45) is 6.99. The molecule has 3 fully saturated rings. The van der Waals surface area contributed by atoms with Crippen molar-refractivity contribution in [2.75, 3.05) is 11.9 Å². The summed E-state index contributed by atoms with van der Waals surface area (Å²) in [7, 11) is 0. The Hall–Kier alpha value is -1.60. The molecule has 2 aliphatic carbocycles. The maximum atomic E-state index is 9.48. The monoisotopic (exact) mass is 311 g/mol. The third-order valence-electron chi connectivity index (χ3n) is 6.40. The van der Waals surface area contributed by atoms with Crippen LogP contribution in [-0.2, 0) is 11.2 Å². The molecule has 4 heteroatoms. The van der Waals surface area contributed by atoms with Gasteiger partial charge in [-0.25, -0.2) is 4.98 Å². The van der Waals surface area contributed by atoms with E-state index in [4.69, 9.17) is 9.72 Å². The predicted molar refractivity (Wildman–Crippen MR) is 89.2 cm³/mol. The average Bonchev–Trinajstić information content (AvgIpc) is 2.81. The molecule has 4 nitrogen and oxygen atoms in total. The molecule has 0 amide bonds. The molecule has 0 bridgehead atoms. The number of aryl methyl sites for hydroxylation is 2. The number of anilines is 1. The van der Waals surface area contributed by atoms with Crippen molar-refractivity contribution in [2.45, 2.75) is 64.0 Å². The standard InChI is InChI=1S/C19H25N3O/c1-3-13-9-14(11-20)18(21-12(13)2)22-17-5-4-7-19-15(6-8-23-19)10-16(17)19/h9,15-17H,3-8,10H2,1-2H3,(H,21,22). The van der Waals surface area contributed by atoms with Crippen molar-refractivity contribution in [3.63, 3.8) is 0 Å². The minimum atomic E-state index is 0.140. The zero-order valence-corrected chi connectivity index (χ0v) is 14.1. The number of nitrogens with zero attached hydrogens (tertiary/aromatic N) is 2. The maximum absolute atomic E-state index is 9.48. The number of hydrogen-bond donors (Lipinski definition) is 1. The van der Waals surface area contributed by atoms with Crippen LogP contribution in [0.5, 0.6) is 0 Å². The quantitative estimate of drug-likeness (QED) is 0.927. The van der Waals surface area contributed by atoms with Gasteiger partial charge in [0, 0.05) is 24.3 Å². The minimum absolute atomic E-state index is 0.140. The van der Waals surface area contributed by atoms with Gasteiger partial charge in [-0.2, -0.15) is 5.26 Å². The van der Waals surface area contributed by atoms with E-state index in [9.17, 15) is 5.26 Å². The van der Waals surface area contributed by atoms with Crippen LogP contribution in [0.4, 0.5) is 5.82 Å². The van der Waals surface area contributed by atoms with Gasteiger partial charge in [-0.1, -0.05) is 6.92 Å². The molecule has 1 saturated heterocycles. The molecule has 1 spiro atoms. The molecule has 4 unspecified atom stereocenters. The highest BCUT2D eigenvalue weighted by Gasteiger charge is 2.62. The minimum Gasteiger partial charge on any atom is -0.374 e. The SMILES string of the molecule is CCc1cc(C#N)c(NC2CCCC34OCCC3CC24)nc1C. The van der Waals surface area contributed by atoms with Crippen LogP contribution in [0.2, 0.25) is 0 Å². The van der Waals surface area contributed by atoms with E-state index in [0.29, 0.717) is 17.5 Å². The van der Waals surface area contributed by atoms with Crippen molar-refractivity contribution in [1.82, 2.24) is 4.98 Å². The summed E-state index contributed by atoms with van der Waals surface area (Å²) in [6.45, 7) is 5.07. The van der Waals surface area contributed by atoms with Crippen LogP contribution in [-0.4, -0.2) is 23.2 Å². The molecule has 122 valence electrons. The molecule has 1 N–H and O–H groups in total. The summed E-state index contributed by atoms with van der Waals surface area (Å²) in [5, 5.41) is 13.1. The Morgan fingerprint density at radius 1 is 1.48 bits per heavy atom. The topological polar surface area (TPSA) is 57.9 Å². The van der Waals surface area contributed by atoms with E-state index >= 15 is 0 Å². The first-order valence-electron chi connectivity index (χ1n) is 8.99. The van der Waals surface area contributed by atoms with Crippen molar-refractivity contribution < 1.29 is 4.74 Å². The Labute approximate surface area is 138 Å². The predicted octanol–water partition coefficient (Wildman–Crippen LogP) is 3.58. The van der Waals surface area contributed by atoms with E-state index in [-0.39, 0.29) is 5.60 Å². The van der Waals surface area contributed by atoms with Crippen LogP contribution in [0.25, 0.3) is 0 Å². The van der Waals surface area contributed by atoms with Crippen LogP contribution in [0.15, 0.2) is 6.07 Å². The lowest BCUT2D eigenvalue weighted by Gasteiger charge is -2.57. The van der Waals surface area contributed by atoms with Crippen molar-refractivity contribution in [1.29, 1.82) is 5.26 Å². The van der Waals surface area contributed by atoms with Gasteiger partial charge in [-0.3, -0.25) is 0 Å². The van der Waals surface area contributed by atoms with Gasteiger partial charge in [0.05, 0.1) is 11.2 Å². The van der Waals surface area contributed by atoms with Gasteiger partial charge in [0.15, 0.2) is 0 Å². The molecule has 0 aromatic carbocycles. The van der Waals surface area contributed by atoms with Gasteiger partial charge >= 0.3 is 0 Å². The Bertz CT molecular complexity index is 665. The highest BCUT2D eigenvalue weighted by Crippen LogP contribution is 2.59. The van der Waals surface area contributed by atoms with Crippen LogP contribution < -0.4 is 5.32 Å². The molecule has 0 radical (unpaired) electrons. The molecule has 1 aromatic heterocycles. The van der Waals surface area contributed by atoms with Crippen molar-refractivity contribution in [3.05, 3.63) is 22.9 Å². The van der Waals surface area contributed by atoms with E-state index in [0.717, 1.165) is 42.4 Å². The number of rotatable bonds is 3. The van der Waals surface area contributed by atoms with Crippen molar-refractivity contribution in [2.24, 2.45) is 11.8 Å². The lowest BCUT2D eigenvalue weighted by Crippen LogP contribution is -2.61. The number of hydrogen-bond acceptors (Lipinski definition) is 4. The van der Waals surface area contributed by atoms with E-state index < -0.39 is 0 Å². The first-order chi connectivity index (χ1) is 11.2. The molecule has 1 aromatic rings. The lowest BCUT2D eigenvalue weighted by atomic mass is 9.53. The fourth-order valence-corrected chi connectivity index (χ4v) is 5.14. The molecule has 2 saturated carbocycles. The van der Waals surface area contributed by atoms with Gasteiger partial charge in [-0.05, 0) is 63.0 Å². The summed E-state index contributed by atoms with van der Waals surface area (Å²) in [4.78, 5) is 4.70. The van der Waals surface area contributed by atoms with Crippen LogP contribution in [0, 0.1) is 30.1 Å². The van der Waals surface area contributed by atoms with E-state index in [1.54, 1.807) is 0 Å². The second kappa shape index (κ2) is 5.49. The van der Waals surface area contributed by atoms with Gasteiger partial charge in [-0.15, -0.1) is 0 Å². The largest absolute Gasteiger partial charge is 0.374 e. The third-order valence-corrected chi connectivity index (χ3v) is 6.40. The highest BCUT2D eigenvalue weighted by molar-refractivity contribution is 5.55. The number of nitrogens with one attached hydrogen (secondary N) is 1. The third kappa shape index (κ3) is 2.17. The Kier molecular flexibility index (Phi) is 3.57. The summed E-state index contributed by atoms with van der Waals surface area (Å²) in [6, 6.07) is 4.71. The number of aromatic nitrogens is 1. The Morgan fingerprint density at radius 2 is 2.35 bits per heavy atom. The fraction of sp³-hybridized carbons (Fsp3) is 0.684. The molecular formula is C19H25N3O. The van der Waals surface area contributed by atoms with Gasteiger partial charge in [0.1, 0.15) is 11.9 Å². The van der Waals surface area contributed by atoms with Crippen LogP contribution in [0.3, 0.4) is 0 Å². The summed E-state index contributed by atoms with van der Waals surface area (Å²) in [5.74, 6) is 2.12. The number of ether oxygens (including phenoxy) is 1. The normalized spacial score (nSPS) is 34.9. The smallest absolute Gasteiger partial charge is 0.144 e. The van der Waals surface area contributed by atoms with Gasteiger partial charge in [0.25, 0.3) is 0 Å². The highest BCUT2D eigenvalue weighted by atomic mass is 16.5. The van der Waals surface area contributed by atoms with Gasteiger partial charge < -0.3 is 10.1 Å². The first kappa shape index (κ1) is 15.0. The summed E-state index contributed by atoms with van der Waals surface area (Å²) >= 11 is 0. The fourth-order valence-electron chi connectivity index (χ4n) is 5.14. The summed E-state index contributed by atoms with van der Waals surface area (Å²) in [5.41, 5.74) is 3.01. The lowest BCUT2D eigenvalue weighted by molar-refractivity contribution is -0.160. The number of nitriles is 1. The zero-order valence-electron chi connectivity index (χ0n) is 14.1. The molecule has 1 aliphatic heterocycles. The Balaban J connectivity index is 1.59. The van der Waals surface area contributed by atoms with Gasteiger partial charge in [0.2, 0.25) is 0 Å². The average molecular weight is 311 g/mol. The molecule has 2 heterocycles. The maximum Gasteiger partial charge on any atom is 0.144 e. The van der Waals surface area contributed by atoms with Crippen LogP contribution >= 0.6 is 0 Å². The molecular weight excluding hydrogens is 286 g/mol. The molecule has 4 rings (SSSR count). The zero-order chi connectivity index (χ0) is 16.0. The Morgan fingerprint density at radius 3 is 3.09 bits per heavy atom. The van der Waals surface area contributed by atoms with E-state index in [2.05, 4.69) is 18.3 Å². The second-order valence-electron chi connectivity index (χ2n) is 7.37. The van der Waals surface area contributed by atoms with Crippen molar-refractivity contribution in [3.8, 4) is 6.07 Å². The van der Waals surface area contributed by atoms with E-state index in [1.165, 1.54) is 25.7 Å². The molecule has 23 heavy (non-hydrogen) atoms. The molecule has 3 aliphatic rings. The van der Waals surface area contributed by atoms with Crippen molar-refractivity contribution >= 4 is 5.82 Å².